The minimum Gasteiger partial charge on any atom is -0.398 e. The van der Waals surface area contributed by atoms with E-state index < -0.39 is 6.10 Å². The smallest absolute Gasteiger partial charge is 0.124 e. The molecule has 20 heavy (non-hydrogen) atoms. The van der Waals surface area contributed by atoms with Gasteiger partial charge in [-0.05, 0) is 34.1 Å². The van der Waals surface area contributed by atoms with Crippen LogP contribution in [-0.4, -0.2) is 28.6 Å². The molecule has 0 radical (unpaired) electrons. The van der Waals surface area contributed by atoms with Crippen LogP contribution in [0, 0.1) is 0 Å². The Morgan fingerprint density at radius 1 is 1.45 bits per heavy atom. The summed E-state index contributed by atoms with van der Waals surface area (Å²) in [5.41, 5.74) is 7.78. The first kappa shape index (κ1) is 15.5. The van der Waals surface area contributed by atoms with Gasteiger partial charge < -0.3 is 15.6 Å². The van der Waals surface area contributed by atoms with E-state index in [1.54, 1.807) is 30.1 Å². The van der Waals surface area contributed by atoms with Crippen LogP contribution < -0.4 is 5.73 Å². The topological polar surface area (TPSA) is 73.3 Å². The second-order valence-electron chi connectivity index (χ2n) is 4.27. The highest BCUT2D eigenvalue weighted by Gasteiger charge is 2.21. The quantitative estimate of drug-likeness (QED) is 0.751. The van der Waals surface area contributed by atoms with Gasteiger partial charge in [-0.1, -0.05) is 15.9 Å². The van der Waals surface area contributed by atoms with E-state index in [-0.39, 0.29) is 0 Å². The number of rotatable bonds is 5. The molecular formula is C13H15Br2N3O2. The van der Waals surface area contributed by atoms with Crippen LogP contribution in [0.2, 0.25) is 0 Å². The van der Waals surface area contributed by atoms with E-state index >= 15 is 0 Å². The Kier molecular flexibility index (Phi) is 5.20. The zero-order valence-electron chi connectivity index (χ0n) is 10.9. The summed E-state index contributed by atoms with van der Waals surface area (Å²) in [6.45, 7) is 1.07. The summed E-state index contributed by atoms with van der Waals surface area (Å²) in [4.78, 5) is 0. The number of benzene rings is 1. The van der Waals surface area contributed by atoms with Crippen molar-refractivity contribution in [3.05, 3.63) is 44.6 Å². The highest BCUT2D eigenvalue weighted by atomic mass is 79.9. The number of nitrogen functional groups attached to an aromatic ring is 1. The molecule has 0 amide bonds. The predicted molar refractivity (Wildman–Crippen MR) is 84.4 cm³/mol. The number of aliphatic hydroxyl groups is 1. The Balaban J connectivity index is 2.39. The lowest BCUT2D eigenvalue weighted by molar-refractivity contribution is 0.171. The molecule has 1 heterocycles. The van der Waals surface area contributed by atoms with E-state index in [4.69, 9.17) is 10.5 Å². The molecule has 0 fully saturated rings. The zero-order valence-corrected chi connectivity index (χ0v) is 14.1. The molecule has 1 aromatic heterocycles. The molecule has 0 saturated heterocycles. The lowest BCUT2D eigenvalue weighted by Gasteiger charge is -2.16. The molecule has 7 heteroatoms. The summed E-state index contributed by atoms with van der Waals surface area (Å²) in [5.74, 6) is 0. The number of nitrogens with two attached hydrogens (primary N) is 1. The Labute approximate surface area is 134 Å². The largest absolute Gasteiger partial charge is 0.398 e. The highest BCUT2D eigenvalue weighted by Crippen LogP contribution is 2.33. The second kappa shape index (κ2) is 6.71. The lowest BCUT2D eigenvalue weighted by atomic mass is 10.0. The number of ether oxygens (including phenoxy) is 1. The van der Waals surface area contributed by atoms with Crippen molar-refractivity contribution in [3.63, 3.8) is 0 Å². The van der Waals surface area contributed by atoms with E-state index in [1.165, 1.54) is 0 Å². The summed E-state index contributed by atoms with van der Waals surface area (Å²) < 4.78 is 8.35. The van der Waals surface area contributed by atoms with Gasteiger partial charge in [0.2, 0.25) is 0 Å². The van der Waals surface area contributed by atoms with Crippen molar-refractivity contribution in [2.75, 3.05) is 19.5 Å². The number of aliphatic hydroxyl groups excluding tert-OH is 1. The molecule has 0 bridgehead atoms. The SMILES string of the molecule is COCCn1ncc(Br)c1C(O)c1cc(Br)ccc1N. The van der Waals surface area contributed by atoms with Gasteiger partial charge in [0.05, 0.1) is 29.5 Å². The van der Waals surface area contributed by atoms with E-state index in [1.807, 2.05) is 6.07 Å². The summed E-state index contributed by atoms with van der Waals surface area (Å²) in [7, 11) is 1.63. The molecule has 1 aromatic carbocycles. The van der Waals surface area contributed by atoms with Crippen LogP contribution in [0.1, 0.15) is 17.4 Å². The molecule has 2 rings (SSSR count). The Morgan fingerprint density at radius 2 is 2.20 bits per heavy atom. The van der Waals surface area contributed by atoms with Gasteiger partial charge >= 0.3 is 0 Å². The van der Waals surface area contributed by atoms with Crippen molar-refractivity contribution in [3.8, 4) is 0 Å². The number of aromatic nitrogens is 2. The molecule has 108 valence electrons. The minimum atomic E-state index is -0.860. The number of anilines is 1. The van der Waals surface area contributed by atoms with Gasteiger partial charge in [-0.25, -0.2) is 0 Å². The van der Waals surface area contributed by atoms with E-state index in [2.05, 4.69) is 37.0 Å². The van der Waals surface area contributed by atoms with Crippen molar-refractivity contribution in [2.45, 2.75) is 12.6 Å². The number of nitrogens with zero attached hydrogens (tertiary/aromatic N) is 2. The molecule has 0 spiro atoms. The van der Waals surface area contributed by atoms with Crippen molar-refractivity contribution in [1.29, 1.82) is 0 Å². The van der Waals surface area contributed by atoms with Gasteiger partial charge in [0.15, 0.2) is 0 Å². The average Bonchev–Trinajstić information content (AvgIpc) is 2.79. The fourth-order valence-corrected chi connectivity index (χ4v) is 2.82. The first-order valence-corrected chi connectivity index (χ1v) is 7.56. The zero-order chi connectivity index (χ0) is 14.7. The molecule has 0 saturated carbocycles. The Hall–Kier alpha value is -0.890. The van der Waals surface area contributed by atoms with Crippen LogP contribution >= 0.6 is 31.9 Å². The fourth-order valence-electron chi connectivity index (χ4n) is 1.93. The first-order chi connectivity index (χ1) is 9.54. The standard InChI is InChI=1S/C13H15Br2N3O2/c1-20-5-4-18-12(10(15)7-17-18)13(19)9-6-8(14)2-3-11(9)16/h2-3,6-7,13,19H,4-5,16H2,1H3. The van der Waals surface area contributed by atoms with Crippen LogP contribution in [0.25, 0.3) is 0 Å². The average molecular weight is 405 g/mol. The summed E-state index contributed by atoms with van der Waals surface area (Å²) in [6.07, 6.45) is 0.795. The Morgan fingerprint density at radius 3 is 2.90 bits per heavy atom. The molecule has 0 aliphatic rings. The maximum absolute atomic E-state index is 10.6. The van der Waals surface area contributed by atoms with Crippen molar-refractivity contribution >= 4 is 37.5 Å². The van der Waals surface area contributed by atoms with Crippen LogP contribution in [0.5, 0.6) is 0 Å². The van der Waals surface area contributed by atoms with Crippen LogP contribution in [0.4, 0.5) is 5.69 Å². The summed E-state index contributed by atoms with van der Waals surface area (Å²) in [5, 5.41) is 14.8. The van der Waals surface area contributed by atoms with Gasteiger partial charge in [-0.3, -0.25) is 4.68 Å². The number of methoxy groups -OCH3 is 1. The minimum absolute atomic E-state index is 0.516. The van der Waals surface area contributed by atoms with Crippen molar-refractivity contribution < 1.29 is 9.84 Å². The number of hydrogen-bond donors (Lipinski definition) is 2. The lowest BCUT2D eigenvalue weighted by Crippen LogP contribution is -2.14. The molecule has 1 unspecified atom stereocenters. The highest BCUT2D eigenvalue weighted by molar-refractivity contribution is 9.10. The number of halogens is 2. The molecule has 1 atom stereocenters. The van der Waals surface area contributed by atoms with Crippen LogP contribution in [-0.2, 0) is 11.3 Å². The third-order valence-electron chi connectivity index (χ3n) is 2.94. The molecule has 2 aromatic rings. The van der Waals surface area contributed by atoms with Crippen molar-refractivity contribution in [2.24, 2.45) is 0 Å². The molecule has 0 aliphatic heterocycles. The summed E-state index contributed by atoms with van der Waals surface area (Å²) >= 11 is 6.80. The van der Waals surface area contributed by atoms with E-state index in [0.717, 1.165) is 8.95 Å². The molecule has 0 aliphatic carbocycles. The monoisotopic (exact) mass is 403 g/mol. The maximum Gasteiger partial charge on any atom is 0.124 e. The van der Waals surface area contributed by atoms with Gasteiger partial charge in [0.1, 0.15) is 6.10 Å². The molecule has 5 nitrogen and oxygen atoms in total. The number of hydrogen-bond acceptors (Lipinski definition) is 4. The molecular weight excluding hydrogens is 390 g/mol. The van der Waals surface area contributed by atoms with Crippen molar-refractivity contribution in [1.82, 2.24) is 9.78 Å². The van der Waals surface area contributed by atoms with Crippen LogP contribution in [0.15, 0.2) is 33.3 Å². The van der Waals surface area contributed by atoms with E-state index in [0.29, 0.717) is 30.1 Å². The summed E-state index contributed by atoms with van der Waals surface area (Å²) in [6, 6.07) is 5.40. The van der Waals surface area contributed by atoms with Gasteiger partial charge in [-0.15, -0.1) is 0 Å². The molecule has 3 N–H and O–H groups in total. The normalized spacial score (nSPS) is 12.6. The van der Waals surface area contributed by atoms with E-state index in [9.17, 15) is 5.11 Å². The van der Waals surface area contributed by atoms with Crippen LogP contribution in [0.3, 0.4) is 0 Å². The third kappa shape index (κ3) is 3.22. The predicted octanol–water partition coefficient (Wildman–Crippen LogP) is 2.72. The van der Waals surface area contributed by atoms with Gasteiger partial charge in [0, 0.05) is 22.8 Å². The second-order valence-corrected chi connectivity index (χ2v) is 6.04. The van der Waals surface area contributed by atoms with Gasteiger partial charge in [-0.2, -0.15) is 5.10 Å². The Bertz CT molecular complexity index is 601. The maximum atomic E-state index is 10.6. The van der Waals surface area contributed by atoms with Gasteiger partial charge in [0.25, 0.3) is 0 Å². The first-order valence-electron chi connectivity index (χ1n) is 5.97. The third-order valence-corrected chi connectivity index (χ3v) is 4.05. The fraction of sp³-hybridized carbons (Fsp3) is 0.308.